The van der Waals surface area contributed by atoms with Crippen molar-refractivity contribution in [3.05, 3.63) is 29.8 Å². The van der Waals surface area contributed by atoms with Crippen molar-refractivity contribution in [3.8, 4) is 0 Å². The molecule has 0 saturated heterocycles. The summed E-state index contributed by atoms with van der Waals surface area (Å²) in [4.78, 5) is 0. The zero-order valence-corrected chi connectivity index (χ0v) is 5.53. The molecule has 1 aliphatic rings. The van der Waals surface area contributed by atoms with Crippen LogP contribution in [-0.4, -0.2) is 6.26 Å². The van der Waals surface area contributed by atoms with Crippen LogP contribution in [0.1, 0.15) is 0 Å². The molecule has 0 spiro atoms. The Morgan fingerprint density at radius 1 is 1.50 bits per heavy atom. The zero-order valence-electron chi connectivity index (χ0n) is 4.72. The first kappa shape index (κ1) is 5.76. The number of allylic oxidation sites excluding steroid dienone is 2. The molecular weight excluding hydrogens is 118 g/mol. The molecule has 0 saturated carbocycles. The van der Waals surface area contributed by atoms with Gasteiger partial charge in [-0.2, -0.15) is 0 Å². The first-order chi connectivity index (χ1) is 3.93. The van der Waals surface area contributed by atoms with Crippen molar-refractivity contribution in [1.82, 2.24) is 5.32 Å². The van der Waals surface area contributed by atoms with Gasteiger partial charge in [-0.05, 0) is 24.6 Å². The van der Waals surface area contributed by atoms with E-state index in [1.165, 1.54) is 5.37 Å². The van der Waals surface area contributed by atoms with Crippen molar-refractivity contribution in [2.75, 3.05) is 6.26 Å². The Morgan fingerprint density at radius 2 is 2.38 bits per heavy atom. The molecule has 43 valence electrons. The van der Waals surface area contributed by atoms with Crippen LogP contribution < -0.4 is 5.32 Å². The Balaban J connectivity index is 2.40. The van der Waals surface area contributed by atoms with E-state index in [4.69, 9.17) is 0 Å². The van der Waals surface area contributed by atoms with Gasteiger partial charge in [0.25, 0.3) is 0 Å². The van der Waals surface area contributed by atoms with Crippen molar-refractivity contribution >= 4 is 11.8 Å². The highest BCUT2D eigenvalue weighted by Crippen LogP contribution is 2.14. The lowest BCUT2D eigenvalue weighted by atomic mass is 10.4. The molecule has 8 heavy (non-hydrogen) atoms. The third-order valence-electron chi connectivity index (χ3n) is 0.900. The van der Waals surface area contributed by atoms with Crippen LogP contribution >= 0.6 is 11.8 Å². The van der Waals surface area contributed by atoms with Crippen LogP contribution in [-0.2, 0) is 0 Å². The summed E-state index contributed by atoms with van der Waals surface area (Å²) >= 11 is 1.71. The fourth-order valence-corrected chi connectivity index (χ4v) is 0.904. The van der Waals surface area contributed by atoms with Gasteiger partial charge in [-0.25, -0.2) is 0 Å². The smallest absolute Gasteiger partial charge is 0.139 e. The molecule has 1 nitrogen and oxygen atoms in total. The minimum Gasteiger partial charge on any atom is -0.371 e. The lowest BCUT2D eigenvalue weighted by molar-refractivity contribution is 1.06. The first-order valence-corrected chi connectivity index (χ1v) is 3.66. The molecule has 0 fully saturated rings. The summed E-state index contributed by atoms with van der Waals surface area (Å²) in [5, 5.41) is 4.28. The maximum atomic E-state index is 3.08. The van der Waals surface area contributed by atoms with Gasteiger partial charge in [0.15, 0.2) is 0 Å². The number of hydrogen-bond donors (Lipinski definition) is 1. The summed E-state index contributed by atoms with van der Waals surface area (Å²) in [6.45, 7) is 0. The third kappa shape index (κ3) is 1.30. The highest BCUT2D eigenvalue weighted by atomic mass is 32.2. The van der Waals surface area contributed by atoms with Gasteiger partial charge in [-0.3, -0.25) is 0 Å². The standard InChI is InChI=1S/C6H8NS/c1-8-6-4-2-3-5-7-6/h2-5,7H,1H3. The minimum atomic E-state index is 1.20. The molecule has 0 bridgehead atoms. The number of rotatable bonds is 1. The molecule has 0 aliphatic carbocycles. The predicted octanol–water partition coefficient (Wildman–Crippen LogP) is 1.51. The molecule has 1 aliphatic heterocycles. The highest BCUT2D eigenvalue weighted by molar-refractivity contribution is 8.01. The van der Waals surface area contributed by atoms with Gasteiger partial charge in [0.05, 0.1) is 0 Å². The average Bonchev–Trinajstić information content (AvgIpc) is 1.90. The molecule has 1 rings (SSSR count). The van der Waals surface area contributed by atoms with Crippen molar-refractivity contribution in [2.45, 2.75) is 0 Å². The molecule has 1 N–H and O–H groups in total. The Bertz CT molecular complexity index is 118. The second kappa shape index (κ2) is 2.82. The number of nitrogens with one attached hydrogen (secondary N) is 1. The maximum absolute atomic E-state index is 3.08. The number of thioether (sulfide) groups is 1. The second-order valence-corrected chi connectivity index (χ2v) is 2.28. The van der Waals surface area contributed by atoms with Gasteiger partial charge < -0.3 is 5.32 Å². The Morgan fingerprint density at radius 3 is 2.75 bits per heavy atom. The Kier molecular flexibility index (Phi) is 2.03. The van der Waals surface area contributed by atoms with Crippen molar-refractivity contribution in [1.29, 1.82) is 0 Å². The number of dihydropyridines is 1. The van der Waals surface area contributed by atoms with Gasteiger partial charge >= 0.3 is 0 Å². The van der Waals surface area contributed by atoms with Crippen LogP contribution in [0.25, 0.3) is 0 Å². The molecule has 1 heterocycles. The minimum absolute atomic E-state index is 1.20. The SMILES string of the molecule is CS[C]1C=CC=CN1. The molecular formula is C6H8NS. The molecule has 1 radical (unpaired) electrons. The largest absolute Gasteiger partial charge is 0.371 e. The molecule has 2 heteroatoms. The molecule has 0 atom stereocenters. The lowest BCUT2D eigenvalue weighted by Crippen LogP contribution is -2.09. The Labute approximate surface area is 53.9 Å². The zero-order chi connectivity index (χ0) is 5.82. The summed E-state index contributed by atoms with van der Waals surface area (Å²) < 4.78 is 0. The van der Waals surface area contributed by atoms with Crippen LogP contribution in [0.4, 0.5) is 0 Å². The van der Waals surface area contributed by atoms with Crippen LogP contribution in [0.15, 0.2) is 24.4 Å². The topological polar surface area (TPSA) is 12.0 Å². The van der Waals surface area contributed by atoms with Gasteiger partial charge in [-0.1, -0.05) is 6.08 Å². The van der Waals surface area contributed by atoms with E-state index in [2.05, 4.69) is 5.32 Å². The van der Waals surface area contributed by atoms with Crippen molar-refractivity contribution in [2.24, 2.45) is 0 Å². The van der Waals surface area contributed by atoms with E-state index < -0.39 is 0 Å². The summed E-state index contributed by atoms with van der Waals surface area (Å²) in [6.07, 6.45) is 10.0. The summed E-state index contributed by atoms with van der Waals surface area (Å²) in [6, 6.07) is 0. The second-order valence-electron chi connectivity index (χ2n) is 1.43. The summed E-state index contributed by atoms with van der Waals surface area (Å²) in [5.74, 6) is 0. The lowest BCUT2D eigenvalue weighted by Gasteiger charge is -2.09. The fourth-order valence-electron chi connectivity index (χ4n) is 0.504. The van der Waals surface area contributed by atoms with E-state index in [0.717, 1.165) is 0 Å². The third-order valence-corrected chi connectivity index (χ3v) is 1.59. The molecule has 0 unspecified atom stereocenters. The van der Waals surface area contributed by atoms with E-state index >= 15 is 0 Å². The van der Waals surface area contributed by atoms with Gasteiger partial charge in [0, 0.05) is 0 Å². The Hall–Kier alpha value is -0.370. The van der Waals surface area contributed by atoms with Crippen LogP contribution in [0, 0.1) is 5.37 Å². The van der Waals surface area contributed by atoms with E-state index in [-0.39, 0.29) is 0 Å². The van der Waals surface area contributed by atoms with Gasteiger partial charge in [0.2, 0.25) is 0 Å². The predicted molar refractivity (Wildman–Crippen MR) is 38.2 cm³/mol. The normalized spacial score (nSPS) is 18.6. The van der Waals surface area contributed by atoms with Gasteiger partial charge in [-0.15, -0.1) is 11.8 Å². The molecule has 0 aromatic rings. The molecule has 0 amide bonds. The van der Waals surface area contributed by atoms with Crippen molar-refractivity contribution < 1.29 is 0 Å². The van der Waals surface area contributed by atoms with E-state index in [0.29, 0.717) is 0 Å². The fraction of sp³-hybridized carbons (Fsp3) is 0.167. The quantitative estimate of drug-likeness (QED) is 0.571. The number of hydrogen-bond acceptors (Lipinski definition) is 2. The van der Waals surface area contributed by atoms with Crippen LogP contribution in [0.5, 0.6) is 0 Å². The maximum Gasteiger partial charge on any atom is 0.139 e. The van der Waals surface area contributed by atoms with E-state index in [1.807, 2.05) is 30.7 Å². The van der Waals surface area contributed by atoms with Crippen LogP contribution in [0.3, 0.4) is 0 Å². The molecule has 0 aromatic heterocycles. The monoisotopic (exact) mass is 126 g/mol. The van der Waals surface area contributed by atoms with Gasteiger partial charge in [0.1, 0.15) is 5.37 Å². The van der Waals surface area contributed by atoms with E-state index in [9.17, 15) is 0 Å². The molecule has 0 aromatic carbocycles. The summed E-state index contributed by atoms with van der Waals surface area (Å²) in [7, 11) is 0. The highest BCUT2D eigenvalue weighted by Gasteiger charge is 1.99. The van der Waals surface area contributed by atoms with Crippen LogP contribution in [0.2, 0.25) is 0 Å². The average molecular weight is 126 g/mol. The summed E-state index contributed by atoms with van der Waals surface area (Å²) in [5.41, 5.74) is 0. The first-order valence-electron chi connectivity index (χ1n) is 2.44. The van der Waals surface area contributed by atoms with E-state index in [1.54, 1.807) is 11.8 Å². The van der Waals surface area contributed by atoms with Crippen molar-refractivity contribution in [3.63, 3.8) is 0 Å².